The van der Waals surface area contributed by atoms with Gasteiger partial charge in [-0.2, -0.15) is 0 Å². The van der Waals surface area contributed by atoms with Crippen molar-refractivity contribution in [2.24, 2.45) is 0 Å². The van der Waals surface area contributed by atoms with Gasteiger partial charge in [0.1, 0.15) is 0 Å². The van der Waals surface area contributed by atoms with Crippen molar-refractivity contribution in [1.82, 2.24) is 14.9 Å². The molecule has 2 saturated heterocycles. The second kappa shape index (κ2) is 9.84. The Hall–Kier alpha value is -2.04. The minimum absolute atomic E-state index is 0.0487. The zero-order chi connectivity index (χ0) is 21.7. The number of piperazine rings is 1. The highest BCUT2D eigenvalue weighted by molar-refractivity contribution is 7.89. The zero-order valence-corrected chi connectivity index (χ0v) is 18.6. The molecule has 2 heterocycles. The molecule has 0 radical (unpaired) electrons. The summed E-state index contributed by atoms with van der Waals surface area (Å²) in [6, 6.07) is 4.75. The summed E-state index contributed by atoms with van der Waals surface area (Å²) in [5.74, 6) is 0.109. The van der Waals surface area contributed by atoms with E-state index in [4.69, 9.17) is 11.6 Å². The van der Waals surface area contributed by atoms with Crippen molar-refractivity contribution >= 4 is 44.9 Å². The number of carbonyl (C=O) groups is 2. The Kier molecular flexibility index (Phi) is 7.43. The predicted octanol–water partition coefficient (Wildman–Crippen LogP) is 1.60. The number of amides is 3. The van der Waals surface area contributed by atoms with E-state index in [0.29, 0.717) is 56.2 Å². The fourth-order valence-electron chi connectivity index (χ4n) is 3.70. The fourth-order valence-corrected chi connectivity index (χ4v) is 5.54. The molecule has 0 spiro atoms. The average molecular weight is 458 g/mol. The van der Waals surface area contributed by atoms with E-state index in [2.05, 4.69) is 16.0 Å². The molecule has 3 N–H and O–H groups in total. The van der Waals surface area contributed by atoms with Gasteiger partial charge in [0.15, 0.2) is 0 Å². The van der Waals surface area contributed by atoms with Crippen LogP contribution in [0, 0.1) is 0 Å². The van der Waals surface area contributed by atoms with Gasteiger partial charge in [0.2, 0.25) is 15.9 Å². The molecule has 2 aliphatic rings. The van der Waals surface area contributed by atoms with Crippen LogP contribution in [0.3, 0.4) is 0 Å². The first-order valence-corrected chi connectivity index (χ1v) is 12.1. The first-order valence-electron chi connectivity index (χ1n) is 10.1. The summed E-state index contributed by atoms with van der Waals surface area (Å²) in [5, 5.41) is 8.89. The third-order valence-electron chi connectivity index (χ3n) is 5.23. The van der Waals surface area contributed by atoms with Gasteiger partial charge in [-0.1, -0.05) is 18.5 Å². The molecule has 0 aromatic heterocycles. The molecule has 0 saturated carbocycles. The lowest BCUT2D eigenvalue weighted by Gasteiger charge is -2.31. The van der Waals surface area contributed by atoms with E-state index >= 15 is 0 Å². The lowest BCUT2D eigenvalue weighted by molar-refractivity contribution is -0.120. The molecule has 3 amide bonds. The highest BCUT2D eigenvalue weighted by Gasteiger charge is 2.28. The van der Waals surface area contributed by atoms with Crippen molar-refractivity contribution in [3.63, 3.8) is 0 Å². The minimum Gasteiger partial charge on any atom is -0.359 e. The summed E-state index contributed by atoms with van der Waals surface area (Å²) in [6.07, 6.45) is 1.75. The molecule has 30 heavy (non-hydrogen) atoms. The number of nitrogens with zero attached hydrogens (tertiary/aromatic N) is 2. The van der Waals surface area contributed by atoms with E-state index in [0.717, 1.165) is 5.69 Å². The molecule has 9 nitrogen and oxygen atoms in total. The second-order valence-electron chi connectivity index (χ2n) is 7.53. The summed E-state index contributed by atoms with van der Waals surface area (Å²) in [7, 11) is -3.19. The van der Waals surface area contributed by atoms with Gasteiger partial charge >= 0.3 is 6.03 Å². The van der Waals surface area contributed by atoms with Crippen molar-refractivity contribution in [1.29, 1.82) is 0 Å². The van der Waals surface area contributed by atoms with E-state index in [-0.39, 0.29) is 30.3 Å². The first kappa shape index (κ1) is 22.6. The zero-order valence-electron chi connectivity index (χ0n) is 17.0. The maximum absolute atomic E-state index is 12.3. The SMILES string of the molecule is CCCS(=O)(=O)N1CCC(NC(=O)Nc2ccc(N3CCNC(=O)C3)c(Cl)c2)CC1. The molecule has 1 aromatic carbocycles. The van der Waals surface area contributed by atoms with Crippen LogP contribution < -0.4 is 20.9 Å². The lowest BCUT2D eigenvalue weighted by Crippen LogP contribution is -2.48. The Morgan fingerprint density at radius 1 is 1.27 bits per heavy atom. The number of halogens is 1. The second-order valence-corrected chi connectivity index (χ2v) is 10.0. The number of urea groups is 1. The molecule has 11 heteroatoms. The molecule has 1 aromatic rings. The maximum Gasteiger partial charge on any atom is 0.319 e. The average Bonchev–Trinajstić information content (AvgIpc) is 2.68. The molecule has 166 valence electrons. The number of hydrogen-bond donors (Lipinski definition) is 3. The van der Waals surface area contributed by atoms with Gasteiger partial charge in [-0.25, -0.2) is 17.5 Å². The van der Waals surface area contributed by atoms with Crippen LogP contribution in [-0.2, 0) is 14.8 Å². The summed E-state index contributed by atoms with van der Waals surface area (Å²) >= 11 is 6.36. The van der Waals surface area contributed by atoms with Gasteiger partial charge in [-0.3, -0.25) is 4.79 Å². The third kappa shape index (κ3) is 5.77. The smallest absolute Gasteiger partial charge is 0.319 e. The van der Waals surface area contributed by atoms with Crippen LogP contribution in [0.4, 0.5) is 16.2 Å². The van der Waals surface area contributed by atoms with E-state index in [1.54, 1.807) is 18.2 Å². The summed E-state index contributed by atoms with van der Waals surface area (Å²) in [5.41, 5.74) is 1.30. The molecular formula is C19H28ClN5O4S. The Bertz CT molecular complexity index is 887. The number of anilines is 2. The van der Waals surface area contributed by atoms with E-state index in [9.17, 15) is 18.0 Å². The molecule has 2 fully saturated rings. The quantitative estimate of drug-likeness (QED) is 0.601. The van der Waals surface area contributed by atoms with Gasteiger partial charge in [0.05, 0.1) is 23.0 Å². The van der Waals surface area contributed by atoms with Crippen LogP contribution in [0.2, 0.25) is 5.02 Å². The van der Waals surface area contributed by atoms with Crippen molar-refractivity contribution in [3.8, 4) is 0 Å². The predicted molar refractivity (Wildman–Crippen MR) is 118 cm³/mol. The highest BCUT2D eigenvalue weighted by Crippen LogP contribution is 2.29. The summed E-state index contributed by atoms with van der Waals surface area (Å²) in [6.45, 7) is 4.16. The molecule has 0 aliphatic carbocycles. The topological polar surface area (TPSA) is 111 Å². The number of benzene rings is 1. The Morgan fingerprint density at radius 3 is 2.63 bits per heavy atom. The Balaban J connectivity index is 1.51. The Morgan fingerprint density at radius 2 is 2.00 bits per heavy atom. The number of rotatable bonds is 6. The van der Waals surface area contributed by atoms with Crippen molar-refractivity contribution in [2.45, 2.75) is 32.2 Å². The van der Waals surface area contributed by atoms with Crippen LogP contribution >= 0.6 is 11.6 Å². The Labute approximate surface area is 182 Å². The number of sulfonamides is 1. The molecule has 2 aliphatic heterocycles. The summed E-state index contributed by atoms with van der Waals surface area (Å²) in [4.78, 5) is 25.8. The highest BCUT2D eigenvalue weighted by atomic mass is 35.5. The minimum atomic E-state index is -3.19. The van der Waals surface area contributed by atoms with E-state index in [1.165, 1.54) is 4.31 Å². The maximum atomic E-state index is 12.3. The van der Waals surface area contributed by atoms with Crippen molar-refractivity contribution in [3.05, 3.63) is 23.2 Å². The normalized spacial score (nSPS) is 18.7. The van der Waals surface area contributed by atoms with E-state index < -0.39 is 10.0 Å². The summed E-state index contributed by atoms with van der Waals surface area (Å²) < 4.78 is 25.8. The van der Waals surface area contributed by atoms with Crippen LogP contribution in [0.15, 0.2) is 18.2 Å². The van der Waals surface area contributed by atoms with Crippen molar-refractivity contribution < 1.29 is 18.0 Å². The number of piperidine rings is 1. The number of carbonyl (C=O) groups excluding carboxylic acids is 2. The van der Waals surface area contributed by atoms with Gasteiger partial charge in [0.25, 0.3) is 0 Å². The molecule has 3 rings (SSSR count). The number of nitrogens with one attached hydrogen (secondary N) is 3. The van der Waals surface area contributed by atoms with Crippen LogP contribution in [-0.4, -0.2) is 69.2 Å². The largest absolute Gasteiger partial charge is 0.359 e. The van der Waals surface area contributed by atoms with Crippen molar-refractivity contribution in [2.75, 3.05) is 48.7 Å². The van der Waals surface area contributed by atoms with Gasteiger partial charge in [-0.15, -0.1) is 0 Å². The third-order valence-corrected chi connectivity index (χ3v) is 7.61. The monoisotopic (exact) mass is 457 g/mol. The first-order chi connectivity index (χ1) is 14.3. The van der Waals surface area contributed by atoms with Crippen LogP contribution in [0.1, 0.15) is 26.2 Å². The molecule has 0 bridgehead atoms. The fraction of sp³-hybridized carbons (Fsp3) is 0.579. The lowest BCUT2D eigenvalue weighted by atomic mass is 10.1. The molecule has 0 atom stereocenters. The van der Waals surface area contributed by atoms with Crippen LogP contribution in [0.5, 0.6) is 0 Å². The van der Waals surface area contributed by atoms with Gasteiger partial charge in [-0.05, 0) is 37.5 Å². The van der Waals surface area contributed by atoms with Gasteiger partial charge < -0.3 is 20.9 Å². The van der Waals surface area contributed by atoms with Crippen LogP contribution in [0.25, 0.3) is 0 Å². The van der Waals surface area contributed by atoms with E-state index in [1.807, 2.05) is 11.8 Å². The number of hydrogen-bond acceptors (Lipinski definition) is 5. The molecule has 0 unspecified atom stereocenters. The standard InChI is InChI=1S/C19H28ClN5O4S/c1-2-11-30(28,29)25-8-5-14(6-9-25)22-19(27)23-15-3-4-17(16(20)12-15)24-10-7-21-18(26)13-24/h3-4,12,14H,2,5-11,13H2,1H3,(H,21,26)(H2,22,23,27). The molecular weight excluding hydrogens is 430 g/mol. The van der Waals surface area contributed by atoms with Gasteiger partial charge in [0, 0.05) is 37.9 Å².